The summed E-state index contributed by atoms with van der Waals surface area (Å²) in [4.78, 5) is 23.6. The smallest absolute Gasteiger partial charge is 0.308 e. The van der Waals surface area contributed by atoms with Gasteiger partial charge in [0.25, 0.3) is 0 Å². The number of rotatable bonds is 2. The number of allylic oxidation sites excluding steroid dienone is 2. The number of hydrogen-bond donors (Lipinski definition) is 0. The van der Waals surface area contributed by atoms with Crippen molar-refractivity contribution in [1.29, 1.82) is 0 Å². The lowest BCUT2D eigenvalue weighted by Gasteiger charge is -2.52. The Bertz CT molecular complexity index is 693. The van der Waals surface area contributed by atoms with Crippen LogP contribution in [0.3, 0.4) is 0 Å². The highest BCUT2D eigenvalue weighted by Gasteiger charge is 2.61. The minimum absolute atomic E-state index is 0.0306. The molecule has 0 aromatic rings. The second-order valence-electron chi connectivity index (χ2n) is 9.83. The molecule has 5 nitrogen and oxygen atoms in total. The molecule has 0 aromatic heterocycles. The van der Waals surface area contributed by atoms with Crippen LogP contribution in [-0.4, -0.2) is 24.5 Å². The third kappa shape index (κ3) is 2.93. The van der Waals surface area contributed by atoms with Gasteiger partial charge in [0, 0.05) is 18.8 Å². The van der Waals surface area contributed by atoms with Gasteiger partial charge in [0.1, 0.15) is 0 Å². The largest absolute Gasteiger partial charge is 0.435 e. The fraction of sp³-hybridized carbons (Fsp3) is 0.818. The van der Waals surface area contributed by atoms with Crippen LogP contribution in [0.1, 0.15) is 73.1 Å². The monoisotopic (exact) mass is 376 g/mol. The van der Waals surface area contributed by atoms with E-state index < -0.39 is 12.6 Å². The van der Waals surface area contributed by atoms with Crippen molar-refractivity contribution in [3.05, 3.63) is 11.1 Å². The van der Waals surface area contributed by atoms with Crippen LogP contribution in [0.5, 0.6) is 0 Å². The molecule has 2 bridgehead atoms. The summed E-state index contributed by atoms with van der Waals surface area (Å²) in [5, 5.41) is 0. The van der Waals surface area contributed by atoms with Gasteiger partial charge in [-0.2, -0.15) is 0 Å². The number of fused-ring (bicyclic) bond motifs is 2. The Morgan fingerprint density at radius 3 is 2.63 bits per heavy atom. The Morgan fingerprint density at radius 1 is 1.19 bits per heavy atom. The average Bonchev–Trinajstić information content (AvgIpc) is 2.79. The van der Waals surface area contributed by atoms with Gasteiger partial charge in [0.2, 0.25) is 12.6 Å². The SMILES string of the molecule is CC(=O)OC1OC2OC(=O)CC1C2C1(C)CCC2=C(CCCC2(C)C)C1C. The lowest BCUT2D eigenvalue weighted by molar-refractivity contribution is -0.214. The minimum Gasteiger partial charge on any atom is -0.435 e. The number of carbonyl (C=O) groups is 2. The summed E-state index contributed by atoms with van der Waals surface area (Å²) in [5.41, 5.74) is 3.52. The molecule has 4 aliphatic rings. The second kappa shape index (κ2) is 6.33. The number of hydrogen-bond acceptors (Lipinski definition) is 5. The maximum atomic E-state index is 12.0. The van der Waals surface area contributed by atoms with Gasteiger partial charge in [-0.05, 0) is 48.9 Å². The van der Waals surface area contributed by atoms with E-state index in [4.69, 9.17) is 14.2 Å². The van der Waals surface area contributed by atoms with Crippen LogP contribution in [0, 0.1) is 28.6 Å². The number of esters is 2. The van der Waals surface area contributed by atoms with Crippen molar-refractivity contribution in [2.24, 2.45) is 28.6 Å². The first-order valence-corrected chi connectivity index (χ1v) is 10.4. The van der Waals surface area contributed by atoms with E-state index >= 15 is 0 Å². The van der Waals surface area contributed by atoms with Crippen LogP contribution in [0.25, 0.3) is 0 Å². The van der Waals surface area contributed by atoms with Crippen molar-refractivity contribution < 1.29 is 23.8 Å². The Hall–Kier alpha value is -1.36. The predicted molar refractivity (Wildman–Crippen MR) is 99.3 cm³/mol. The summed E-state index contributed by atoms with van der Waals surface area (Å²) in [6.45, 7) is 10.8. The normalized spacial score (nSPS) is 43.1. The molecule has 2 saturated heterocycles. The zero-order valence-corrected chi connectivity index (χ0v) is 17.2. The van der Waals surface area contributed by atoms with E-state index in [0.717, 1.165) is 12.8 Å². The number of ether oxygens (including phenoxy) is 3. The van der Waals surface area contributed by atoms with Crippen LogP contribution in [0.2, 0.25) is 0 Å². The molecule has 0 N–H and O–H groups in total. The van der Waals surface area contributed by atoms with Gasteiger partial charge in [-0.15, -0.1) is 0 Å². The lowest BCUT2D eigenvalue weighted by Crippen LogP contribution is -2.49. The van der Waals surface area contributed by atoms with Crippen molar-refractivity contribution in [3.63, 3.8) is 0 Å². The standard InChI is InChI=1S/C22H32O5/c1-12-14-7-6-9-21(3,4)16(14)8-10-22(12,5)18-15-11-17(24)26-20(18)27-19(15)25-13(2)23/h12,15,18-20H,6-11H2,1-5H3. The third-order valence-corrected chi connectivity index (χ3v) is 7.94. The Balaban J connectivity index is 1.67. The molecular formula is C22H32O5. The highest BCUT2D eigenvalue weighted by Crippen LogP contribution is 2.61. The van der Waals surface area contributed by atoms with E-state index in [1.165, 1.54) is 26.2 Å². The van der Waals surface area contributed by atoms with Gasteiger partial charge in [-0.25, -0.2) is 0 Å². The summed E-state index contributed by atoms with van der Waals surface area (Å²) in [6, 6.07) is 0. The van der Waals surface area contributed by atoms with Gasteiger partial charge >= 0.3 is 11.9 Å². The Morgan fingerprint density at radius 2 is 1.93 bits per heavy atom. The Kier molecular flexibility index (Phi) is 4.45. The molecule has 27 heavy (non-hydrogen) atoms. The molecule has 150 valence electrons. The predicted octanol–water partition coefficient (Wildman–Crippen LogP) is 4.35. The maximum absolute atomic E-state index is 12.0. The molecule has 0 saturated carbocycles. The quantitative estimate of drug-likeness (QED) is 0.529. The topological polar surface area (TPSA) is 61.8 Å². The first-order valence-electron chi connectivity index (χ1n) is 10.4. The summed E-state index contributed by atoms with van der Waals surface area (Å²) < 4.78 is 16.9. The molecule has 4 rings (SSSR count). The van der Waals surface area contributed by atoms with Crippen molar-refractivity contribution >= 4 is 11.9 Å². The fourth-order valence-corrected chi connectivity index (χ4v) is 6.36. The van der Waals surface area contributed by atoms with Gasteiger partial charge in [0.05, 0.1) is 6.42 Å². The molecule has 6 unspecified atom stereocenters. The molecule has 0 aromatic carbocycles. The molecule has 6 atom stereocenters. The molecular weight excluding hydrogens is 344 g/mol. The summed E-state index contributed by atoms with van der Waals surface area (Å²) in [5.74, 6) is -0.270. The Labute approximate surface area is 161 Å². The zero-order valence-electron chi connectivity index (χ0n) is 17.2. The van der Waals surface area contributed by atoms with Gasteiger partial charge in [0.15, 0.2) is 0 Å². The molecule has 0 radical (unpaired) electrons. The highest BCUT2D eigenvalue weighted by atomic mass is 16.8. The van der Waals surface area contributed by atoms with Crippen molar-refractivity contribution in [2.75, 3.05) is 0 Å². The summed E-state index contributed by atoms with van der Waals surface area (Å²) >= 11 is 0. The number of carbonyl (C=O) groups excluding carboxylic acids is 2. The second-order valence-corrected chi connectivity index (χ2v) is 9.83. The fourth-order valence-electron chi connectivity index (χ4n) is 6.36. The molecule has 0 spiro atoms. The third-order valence-electron chi connectivity index (χ3n) is 7.94. The van der Waals surface area contributed by atoms with Gasteiger partial charge < -0.3 is 14.2 Å². The van der Waals surface area contributed by atoms with Gasteiger partial charge in [-0.1, -0.05) is 38.8 Å². The molecule has 0 amide bonds. The van der Waals surface area contributed by atoms with Crippen molar-refractivity contribution in [3.8, 4) is 0 Å². The van der Waals surface area contributed by atoms with E-state index in [2.05, 4.69) is 27.7 Å². The molecule has 5 heteroatoms. The van der Waals surface area contributed by atoms with E-state index in [-0.39, 0.29) is 41.0 Å². The molecule has 2 fully saturated rings. The minimum atomic E-state index is -0.675. The zero-order chi connectivity index (χ0) is 19.6. The van der Waals surface area contributed by atoms with Crippen molar-refractivity contribution in [2.45, 2.75) is 85.7 Å². The first-order chi connectivity index (χ1) is 12.6. The molecule has 2 aliphatic heterocycles. The van der Waals surface area contributed by atoms with E-state index in [1.807, 2.05) is 0 Å². The van der Waals surface area contributed by atoms with E-state index in [9.17, 15) is 9.59 Å². The van der Waals surface area contributed by atoms with E-state index in [1.54, 1.807) is 11.1 Å². The first kappa shape index (κ1) is 19.0. The van der Waals surface area contributed by atoms with Crippen LogP contribution in [0.15, 0.2) is 11.1 Å². The van der Waals surface area contributed by atoms with Crippen LogP contribution < -0.4 is 0 Å². The van der Waals surface area contributed by atoms with E-state index in [0.29, 0.717) is 5.92 Å². The van der Waals surface area contributed by atoms with Crippen LogP contribution in [-0.2, 0) is 23.8 Å². The van der Waals surface area contributed by atoms with Crippen LogP contribution >= 0.6 is 0 Å². The summed E-state index contributed by atoms with van der Waals surface area (Å²) in [7, 11) is 0. The average molecular weight is 376 g/mol. The van der Waals surface area contributed by atoms with Crippen LogP contribution in [0.4, 0.5) is 0 Å². The molecule has 2 heterocycles. The lowest BCUT2D eigenvalue weighted by atomic mass is 9.52. The van der Waals surface area contributed by atoms with Gasteiger partial charge in [-0.3, -0.25) is 9.59 Å². The summed E-state index contributed by atoms with van der Waals surface area (Å²) in [6.07, 6.45) is 4.82. The molecule has 2 aliphatic carbocycles. The van der Waals surface area contributed by atoms with Crippen molar-refractivity contribution in [1.82, 2.24) is 0 Å². The highest BCUT2D eigenvalue weighted by molar-refractivity contribution is 5.71. The maximum Gasteiger partial charge on any atom is 0.308 e.